The number of rotatable bonds is 6. The normalized spacial score (nSPS) is 12.0. The van der Waals surface area contributed by atoms with E-state index < -0.39 is 0 Å². The van der Waals surface area contributed by atoms with Gasteiger partial charge in [0.05, 0.1) is 0 Å². The van der Waals surface area contributed by atoms with Gasteiger partial charge in [0.2, 0.25) is 0 Å². The molecule has 0 aliphatic heterocycles. The van der Waals surface area contributed by atoms with Gasteiger partial charge in [0.25, 0.3) is 5.91 Å². The van der Waals surface area contributed by atoms with Crippen LogP contribution in [0.1, 0.15) is 49.0 Å². The van der Waals surface area contributed by atoms with Gasteiger partial charge in [-0.2, -0.15) is 0 Å². The van der Waals surface area contributed by atoms with Crippen LogP contribution in [0.3, 0.4) is 0 Å². The number of aryl methyl sites for hydroxylation is 1. The maximum absolute atomic E-state index is 11.6. The molecule has 100 valence electrons. The summed E-state index contributed by atoms with van der Waals surface area (Å²) >= 11 is 0. The first-order valence-electron chi connectivity index (χ1n) is 6.67. The van der Waals surface area contributed by atoms with Crippen molar-refractivity contribution in [2.24, 2.45) is 0 Å². The summed E-state index contributed by atoms with van der Waals surface area (Å²) in [5.74, 6) is -0.0424. The third-order valence-corrected chi connectivity index (χ3v) is 3.12. The summed E-state index contributed by atoms with van der Waals surface area (Å²) in [7, 11) is 1.65. The number of amides is 1. The third-order valence-electron chi connectivity index (χ3n) is 3.12. The Hall–Kier alpha value is -1.51. The van der Waals surface area contributed by atoms with Crippen LogP contribution in [-0.4, -0.2) is 19.0 Å². The number of hydrogen-bond donors (Lipinski definition) is 2. The van der Waals surface area contributed by atoms with Crippen molar-refractivity contribution in [3.8, 4) is 0 Å². The summed E-state index contributed by atoms with van der Waals surface area (Å²) in [6.45, 7) is 6.44. The maximum Gasteiger partial charge on any atom is 0.251 e. The summed E-state index contributed by atoms with van der Waals surface area (Å²) in [6.07, 6.45) is 3.59. The molecule has 0 aliphatic carbocycles. The molecule has 0 spiro atoms. The predicted octanol–water partition coefficient (Wildman–Crippen LogP) is 3.35. The molecule has 1 aromatic rings. The van der Waals surface area contributed by atoms with Crippen LogP contribution in [0.4, 0.5) is 5.69 Å². The topological polar surface area (TPSA) is 41.1 Å². The first-order chi connectivity index (χ1) is 8.58. The Morgan fingerprint density at radius 3 is 2.72 bits per heavy atom. The molecule has 0 aromatic heterocycles. The average Bonchev–Trinajstić information content (AvgIpc) is 2.38. The zero-order chi connectivity index (χ0) is 13.5. The van der Waals surface area contributed by atoms with E-state index in [1.165, 1.54) is 18.4 Å². The van der Waals surface area contributed by atoms with Crippen LogP contribution in [0.15, 0.2) is 18.2 Å². The van der Waals surface area contributed by atoms with Gasteiger partial charge in [-0.3, -0.25) is 4.79 Å². The van der Waals surface area contributed by atoms with E-state index in [2.05, 4.69) is 31.4 Å². The minimum atomic E-state index is -0.0424. The van der Waals surface area contributed by atoms with Gasteiger partial charge < -0.3 is 10.6 Å². The average molecular weight is 248 g/mol. The van der Waals surface area contributed by atoms with Crippen LogP contribution in [0.5, 0.6) is 0 Å². The lowest BCUT2D eigenvalue weighted by molar-refractivity contribution is 0.0963. The molecule has 3 nitrogen and oxygen atoms in total. The van der Waals surface area contributed by atoms with Crippen molar-refractivity contribution < 1.29 is 4.79 Å². The van der Waals surface area contributed by atoms with Crippen LogP contribution in [0, 0.1) is 6.92 Å². The lowest BCUT2D eigenvalue weighted by atomic mass is 10.1. The quantitative estimate of drug-likeness (QED) is 0.810. The molecule has 1 atom stereocenters. The van der Waals surface area contributed by atoms with E-state index in [1.807, 2.05) is 18.2 Å². The number of benzene rings is 1. The van der Waals surface area contributed by atoms with Gasteiger partial charge in [-0.25, -0.2) is 0 Å². The molecule has 3 heteroatoms. The van der Waals surface area contributed by atoms with E-state index in [4.69, 9.17) is 0 Å². The van der Waals surface area contributed by atoms with Gasteiger partial charge in [0.1, 0.15) is 0 Å². The zero-order valence-corrected chi connectivity index (χ0v) is 11.8. The van der Waals surface area contributed by atoms with E-state index in [-0.39, 0.29) is 5.91 Å². The SMILES string of the molecule is CCCCC(C)Nc1cc(C(=O)NC)ccc1C. The van der Waals surface area contributed by atoms with Crippen molar-refractivity contribution in [3.05, 3.63) is 29.3 Å². The molecule has 0 radical (unpaired) electrons. The number of nitrogens with one attached hydrogen (secondary N) is 2. The van der Waals surface area contributed by atoms with E-state index in [0.29, 0.717) is 11.6 Å². The minimum absolute atomic E-state index is 0.0424. The van der Waals surface area contributed by atoms with Crippen LogP contribution in [-0.2, 0) is 0 Å². The number of carbonyl (C=O) groups excluding carboxylic acids is 1. The lowest BCUT2D eigenvalue weighted by Gasteiger charge is -2.17. The largest absolute Gasteiger partial charge is 0.382 e. The number of carbonyl (C=O) groups is 1. The Morgan fingerprint density at radius 2 is 2.11 bits per heavy atom. The first kappa shape index (κ1) is 14.6. The Morgan fingerprint density at radius 1 is 1.39 bits per heavy atom. The lowest BCUT2D eigenvalue weighted by Crippen LogP contribution is -2.19. The van der Waals surface area contributed by atoms with Crippen LogP contribution in [0.2, 0.25) is 0 Å². The highest BCUT2D eigenvalue weighted by Gasteiger charge is 2.08. The molecule has 18 heavy (non-hydrogen) atoms. The number of hydrogen-bond acceptors (Lipinski definition) is 2. The summed E-state index contributed by atoms with van der Waals surface area (Å²) in [5.41, 5.74) is 2.93. The minimum Gasteiger partial charge on any atom is -0.382 e. The van der Waals surface area contributed by atoms with Gasteiger partial charge in [0, 0.05) is 24.3 Å². The van der Waals surface area contributed by atoms with Gasteiger partial charge in [-0.1, -0.05) is 25.8 Å². The van der Waals surface area contributed by atoms with Crippen LogP contribution >= 0.6 is 0 Å². The zero-order valence-electron chi connectivity index (χ0n) is 11.8. The third kappa shape index (κ3) is 4.06. The van der Waals surface area contributed by atoms with E-state index in [9.17, 15) is 4.79 Å². The second kappa shape index (κ2) is 7.04. The molecule has 2 N–H and O–H groups in total. The summed E-state index contributed by atoms with van der Waals surface area (Å²) in [6, 6.07) is 6.20. The van der Waals surface area contributed by atoms with E-state index >= 15 is 0 Å². The van der Waals surface area contributed by atoms with Crippen molar-refractivity contribution >= 4 is 11.6 Å². The molecule has 0 bridgehead atoms. The predicted molar refractivity (Wildman–Crippen MR) is 77.2 cm³/mol. The molecule has 1 aromatic carbocycles. The van der Waals surface area contributed by atoms with E-state index in [1.54, 1.807) is 7.05 Å². The molecular formula is C15H24N2O. The van der Waals surface area contributed by atoms with Gasteiger partial charge in [0.15, 0.2) is 0 Å². The molecule has 1 unspecified atom stereocenters. The highest BCUT2D eigenvalue weighted by molar-refractivity contribution is 5.95. The molecule has 0 saturated heterocycles. The van der Waals surface area contributed by atoms with Gasteiger partial charge in [-0.15, -0.1) is 0 Å². The highest BCUT2D eigenvalue weighted by Crippen LogP contribution is 2.19. The second-order valence-corrected chi connectivity index (χ2v) is 4.80. The molecule has 1 rings (SSSR count). The second-order valence-electron chi connectivity index (χ2n) is 4.80. The van der Waals surface area contributed by atoms with Crippen molar-refractivity contribution in [3.63, 3.8) is 0 Å². The molecule has 0 fully saturated rings. The Balaban J connectivity index is 2.77. The first-order valence-corrected chi connectivity index (χ1v) is 6.67. The van der Waals surface area contributed by atoms with Crippen LogP contribution in [0.25, 0.3) is 0 Å². The number of unbranched alkanes of at least 4 members (excludes halogenated alkanes) is 1. The molecule has 0 heterocycles. The van der Waals surface area contributed by atoms with Crippen molar-refractivity contribution in [2.75, 3.05) is 12.4 Å². The van der Waals surface area contributed by atoms with Gasteiger partial charge >= 0.3 is 0 Å². The van der Waals surface area contributed by atoms with Crippen molar-refractivity contribution in [1.29, 1.82) is 0 Å². The number of anilines is 1. The Bertz CT molecular complexity index is 401. The standard InChI is InChI=1S/C15H24N2O/c1-5-6-7-12(3)17-14-10-13(15(18)16-4)9-8-11(14)2/h8-10,12,17H,5-7H2,1-4H3,(H,16,18). The van der Waals surface area contributed by atoms with Crippen molar-refractivity contribution in [1.82, 2.24) is 5.32 Å². The fraction of sp³-hybridized carbons (Fsp3) is 0.533. The molecule has 0 saturated carbocycles. The maximum atomic E-state index is 11.6. The summed E-state index contributed by atoms with van der Waals surface area (Å²) in [5, 5.41) is 6.13. The fourth-order valence-electron chi connectivity index (χ4n) is 1.91. The van der Waals surface area contributed by atoms with Gasteiger partial charge in [-0.05, 0) is 38.0 Å². The summed E-state index contributed by atoms with van der Waals surface area (Å²) in [4.78, 5) is 11.6. The molecular weight excluding hydrogens is 224 g/mol. The van der Waals surface area contributed by atoms with E-state index in [0.717, 1.165) is 12.1 Å². The van der Waals surface area contributed by atoms with Crippen LogP contribution < -0.4 is 10.6 Å². The Labute approximate surface area is 110 Å². The monoisotopic (exact) mass is 248 g/mol. The smallest absolute Gasteiger partial charge is 0.251 e. The molecule has 0 aliphatic rings. The highest BCUT2D eigenvalue weighted by atomic mass is 16.1. The van der Waals surface area contributed by atoms with Crippen molar-refractivity contribution in [2.45, 2.75) is 46.1 Å². The summed E-state index contributed by atoms with van der Waals surface area (Å²) < 4.78 is 0. The Kier molecular flexibility index (Phi) is 5.69. The fourth-order valence-corrected chi connectivity index (χ4v) is 1.91. The molecule has 1 amide bonds.